The fourth-order valence-electron chi connectivity index (χ4n) is 3.96. The molecule has 156 valence electrons. The fourth-order valence-corrected chi connectivity index (χ4v) is 3.96. The highest BCUT2D eigenvalue weighted by atomic mass is 14.1. The predicted molar refractivity (Wildman–Crippen MR) is 121 cm³/mol. The van der Waals surface area contributed by atoms with Gasteiger partial charge in [-0.1, -0.05) is 162 Å². The van der Waals surface area contributed by atoms with Crippen LogP contribution in [0.15, 0.2) is 0 Å². The lowest BCUT2D eigenvalue weighted by molar-refractivity contribution is 0.430. The molecule has 0 heterocycles. The van der Waals surface area contributed by atoms with Crippen molar-refractivity contribution in [3.05, 3.63) is 13.8 Å². The molecule has 0 bridgehead atoms. The highest BCUT2D eigenvalue weighted by Gasteiger charge is 2.02. The van der Waals surface area contributed by atoms with Crippen molar-refractivity contribution in [3.8, 4) is 0 Å². The molecule has 2 radical (unpaired) electrons. The monoisotopic (exact) mass is 364 g/mol. The molecule has 1 atom stereocenters. The summed E-state index contributed by atoms with van der Waals surface area (Å²) in [6.07, 6.45) is 31.1. The van der Waals surface area contributed by atoms with Crippen molar-refractivity contribution in [2.75, 3.05) is 0 Å². The summed E-state index contributed by atoms with van der Waals surface area (Å²) in [7, 11) is 0. The van der Waals surface area contributed by atoms with Crippen LogP contribution in [0, 0.1) is 19.8 Å². The van der Waals surface area contributed by atoms with E-state index >= 15 is 0 Å². The Morgan fingerprint density at radius 3 is 0.885 bits per heavy atom. The number of hydrogen-bond acceptors (Lipinski definition) is 0. The third-order valence-electron chi connectivity index (χ3n) is 5.89. The number of rotatable bonds is 22. The standard InChI is InChI=1S/C26H52/c1-4-6-8-10-12-13-14-15-16-17-19-21-23-25-26(3)24-22-20-18-11-9-7-5-2/h26H,1-2,4-25H2,3H3. The molecule has 0 heteroatoms. The van der Waals surface area contributed by atoms with Gasteiger partial charge in [0.15, 0.2) is 0 Å². The van der Waals surface area contributed by atoms with Crippen molar-refractivity contribution in [3.63, 3.8) is 0 Å². The maximum atomic E-state index is 3.92. The molecule has 0 aliphatic rings. The van der Waals surface area contributed by atoms with Crippen LogP contribution in [0.25, 0.3) is 0 Å². The molecule has 0 nitrogen and oxygen atoms in total. The summed E-state index contributed by atoms with van der Waals surface area (Å²) < 4.78 is 0. The van der Waals surface area contributed by atoms with Crippen molar-refractivity contribution in [1.82, 2.24) is 0 Å². The minimum Gasteiger partial charge on any atom is -0.0625 e. The van der Waals surface area contributed by atoms with Gasteiger partial charge in [0.2, 0.25) is 0 Å². The van der Waals surface area contributed by atoms with Crippen LogP contribution in [-0.2, 0) is 0 Å². The second kappa shape index (κ2) is 23.0. The van der Waals surface area contributed by atoms with Gasteiger partial charge in [0, 0.05) is 0 Å². The van der Waals surface area contributed by atoms with Crippen molar-refractivity contribution in [2.45, 2.75) is 148 Å². The first-order valence-corrected chi connectivity index (χ1v) is 12.4. The summed E-state index contributed by atoms with van der Waals surface area (Å²) in [5.74, 6) is 0.957. The summed E-state index contributed by atoms with van der Waals surface area (Å²) >= 11 is 0. The van der Waals surface area contributed by atoms with Crippen molar-refractivity contribution in [1.29, 1.82) is 0 Å². The zero-order valence-corrected chi connectivity index (χ0v) is 18.5. The normalized spacial score (nSPS) is 12.6. The third kappa shape index (κ3) is 22.0. The highest BCUT2D eigenvalue weighted by molar-refractivity contribution is 4.56. The zero-order chi connectivity index (χ0) is 19.1. The largest absolute Gasteiger partial charge is 0.0625 e. The van der Waals surface area contributed by atoms with Crippen molar-refractivity contribution < 1.29 is 0 Å². The molecule has 0 aliphatic heterocycles. The summed E-state index contributed by atoms with van der Waals surface area (Å²) in [5.41, 5.74) is 0. The van der Waals surface area contributed by atoms with Crippen LogP contribution < -0.4 is 0 Å². The van der Waals surface area contributed by atoms with E-state index in [1.54, 1.807) is 0 Å². The lowest BCUT2D eigenvalue weighted by atomic mass is 9.95. The molecular weight excluding hydrogens is 312 g/mol. The number of hydrogen-bond donors (Lipinski definition) is 0. The van der Waals surface area contributed by atoms with Gasteiger partial charge < -0.3 is 0 Å². The fraction of sp³-hybridized carbons (Fsp3) is 0.923. The van der Waals surface area contributed by atoms with Crippen LogP contribution in [0.1, 0.15) is 148 Å². The molecule has 0 rings (SSSR count). The predicted octanol–water partition coefficient (Wildman–Crippen LogP) is 9.87. The average Bonchev–Trinajstić information content (AvgIpc) is 2.64. The van der Waals surface area contributed by atoms with Crippen LogP contribution in [0.4, 0.5) is 0 Å². The van der Waals surface area contributed by atoms with E-state index in [0.717, 1.165) is 18.8 Å². The van der Waals surface area contributed by atoms with Crippen molar-refractivity contribution >= 4 is 0 Å². The van der Waals surface area contributed by atoms with Gasteiger partial charge >= 0.3 is 0 Å². The van der Waals surface area contributed by atoms with Crippen molar-refractivity contribution in [2.24, 2.45) is 5.92 Å². The Balaban J connectivity index is 3.10. The topological polar surface area (TPSA) is 0 Å². The Bertz CT molecular complexity index is 232. The second-order valence-corrected chi connectivity index (χ2v) is 8.75. The van der Waals surface area contributed by atoms with E-state index in [2.05, 4.69) is 20.8 Å². The van der Waals surface area contributed by atoms with Gasteiger partial charge in [-0.25, -0.2) is 0 Å². The van der Waals surface area contributed by atoms with E-state index in [-0.39, 0.29) is 0 Å². The molecule has 26 heavy (non-hydrogen) atoms. The molecule has 0 spiro atoms. The van der Waals surface area contributed by atoms with Gasteiger partial charge in [-0.05, 0) is 5.92 Å². The Hall–Kier alpha value is 0. The smallest absolute Gasteiger partial charge is 0.0443 e. The molecule has 0 aliphatic carbocycles. The lowest BCUT2D eigenvalue weighted by Gasteiger charge is -2.11. The quantitative estimate of drug-likeness (QED) is 0.168. The Kier molecular flexibility index (Phi) is 23.0. The van der Waals surface area contributed by atoms with E-state index in [4.69, 9.17) is 0 Å². The molecular formula is C26H52. The van der Waals surface area contributed by atoms with Crippen LogP contribution >= 0.6 is 0 Å². The first kappa shape index (κ1) is 26.0. The van der Waals surface area contributed by atoms with Crippen LogP contribution in [0.2, 0.25) is 0 Å². The molecule has 0 fully saturated rings. The van der Waals surface area contributed by atoms with Gasteiger partial charge in [0.05, 0.1) is 0 Å². The van der Waals surface area contributed by atoms with Crippen LogP contribution in [0.3, 0.4) is 0 Å². The Morgan fingerprint density at radius 1 is 0.385 bits per heavy atom. The summed E-state index contributed by atoms with van der Waals surface area (Å²) in [4.78, 5) is 0. The molecule has 0 N–H and O–H groups in total. The molecule has 0 aromatic carbocycles. The summed E-state index contributed by atoms with van der Waals surface area (Å²) in [6.45, 7) is 10.3. The van der Waals surface area contributed by atoms with Gasteiger partial charge in [-0.2, -0.15) is 0 Å². The minimum atomic E-state index is 0.957. The van der Waals surface area contributed by atoms with Crippen LogP contribution in [0.5, 0.6) is 0 Å². The lowest BCUT2D eigenvalue weighted by Crippen LogP contribution is -1.95. The van der Waals surface area contributed by atoms with Crippen LogP contribution in [-0.4, -0.2) is 0 Å². The molecule has 0 aromatic rings. The second-order valence-electron chi connectivity index (χ2n) is 8.75. The molecule has 0 aromatic heterocycles. The summed E-state index contributed by atoms with van der Waals surface area (Å²) in [6, 6.07) is 0. The molecule has 0 saturated heterocycles. The Labute approximate surface area is 168 Å². The number of unbranched alkanes of at least 4 members (excludes halogenated alkanes) is 18. The first-order valence-electron chi connectivity index (χ1n) is 12.4. The van der Waals surface area contributed by atoms with E-state index in [0.29, 0.717) is 0 Å². The van der Waals surface area contributed by atoms with Gasteiger partial charge in [0.1, 0.15) is 0 Å². The van der Waals surface area contributed by atoms with Gasteiger partial charge in [-0.15, -0.1) is 0 Å². The zero-order valence-electron chi connectivity index (χ0n) is 18.5. The highest BCUT2D eigenvalue weighted by Crippen LogP contribution is 2.19. The summed E-state index contributed by atoms with van der Waals surface area (Å²) in [5, 5.41) is 0. The van der Waals surface area contributed by atoms with E-state index in [9.17, 15) is 0 Å². The van der Waals surface area contributed by atoms with Gasteiger partial charge in [0.25, 0.3) is 0 Å². The van der Waals surface area contributed by atoms with E-state index < -0.39 is 0 Å². The van der Waals surface area contributed by atoms with E-state index in [1.807, 2.05) is 0 Å². The molecule has 0 amide bonds. The Morgan fingerprint density at radius 2 is 0.615 bits per heavy atom. The van der Waals surface area contributed by atoms with Gasteiger partial charge in [-0.3, -0.25) is 0 Å². The molecule has 0 saturated carbocycles. The first-order chi connectivity index (χ1) is 12.8. The molecule has 1 unspecified atom stereocenters. The maximum absolute atomic E-state index is 3.92. The maximum Gasteiger partial charge on any atom is -0.0443 e. The SMILES string of the molecule is [CH2]CCCCCCCCCCCCCCC(C)CCCCCCCC[CH2]. The van der Waals surface area contributed by atoms with E-state index in [1.165, 1.54) is 128 Å². The third-order valence-corrected chi connectivity index (χ3v) is 5.89. The minimum absolute atomic E-state index is 0.957. The average molecular weight is 365 g/mol.